The Morgan fingerprint density at radius 1 is 1.14 bits per heavy atom. The maximum absolute atomic E-state index is 11.2. The lowest BCUT2D eigenvalue weighted by molar-refractivity contribution is -0.121. The maximum atomic E-state index is 11.2. The Kier molecular flexibility index (Phi) is 7.48. The first-order valence-electron chi connectivity index (χ1n) is 5.52. The molecule has 0 heterocycles. The summed E-state index contributed by atoms with van der Waals surface area (Å²) in [5, 5.41) is 6.22. The van der Waals surface area contributed by atoms with E-state index >= 15 is 0 Å². The molecular formula is C11H24N2O. The van der Waals surface area contributed by atoms with Crippen LogP contribution in [0.25, 0.3) is 0 Å². The number of rotatable bonds is 7. The second-order valence-electron chi connectivity index (χ2n) is 4.41. The minimum Gasteiger partial charge on any atom is -0.356 e. The quantitative estimate of drug-likeness (QED) is 0.612. The van der Waals surface area contributed by atoms with Crippen LogP contribution in [0.5, 0.6) is 0 Å². The van der Waals surface area contributed by atoms with Crippen LogP contribution in [0.1, 0.15) is 40.5 Å². The summed E-state index contributed by atoms with van der Waals surface area (Å²) in [6, 6.07) is 0.529. The van der Waals surface area contributed by atoms with Crippen LogP contribution in [0, 0.1) is 5.92 Å². The normalized spacial score (nSPS) is 11.0. The first kappa shape index (κ1) is 13.4. The monoisotopic (exact) mass is 200 g/mol. The van der Waals surface area contributed by atoms with Gasteiger partial charge in [-0.2, -0.15) is 0 Å². The summed E-state index contributed by atoms with van der Waals surface area (Å²) < 4.78 is 0. The van der Waals surface area contributed by atoms with E-state index in [4.69, 9.17) is 0 Å². The van der Waals surface area contributed by atoms with Crippen LogP contribution in [0.2, 0.25) is 0 Å². The fourth-order valence-corrected chi connectivity index (χ4v) is 1.15. The summed E-state index contributed by atoms with van der Waals surface area (Å²) >= 11 is 0. The van der Waals surface area contributed by atoms with Crippen molar-refractivity contribution in [3.63, 3.8) is 0 Å². The Bertz CT molecular complexity index is 155. The molecule has 84 valence electrons. The van der Waals surface area contributed by atoms with Crippen molar-refractivity contribution in [3.8, 4) is 0 Å². The number of carbonyl (C=O) groups is 1. The molecule has 0 atom stereocenters. The highest BCUT2D eigenvalue weighted by Crippen LogP contribution is 1.97. The molecule has 0 radical (unpaired) electrons. The summed E-state index contributed by atoms with van der Waals surface area (Å²) in [5.74, 6) is 0.619. The topological polar surface area (TPSA) is 41.1 Å². The molecule has 2 N–H and O–H groups in total. The summed E-state index contributed by atoms with van der Waals surface area (Å²) in [4.78, 5) is 11.2. The highest BCUT2D eigenvalue weighted by atomic mass is 16.1. The van der Waals surface area contributed by atoms with Crippen LogP contribution < -0.4 is 10.6 Å². The molecule has 0 aliphatic carbocycles. The first-order valence-corrected chi connectivity index (χ1v) is 5.52. The van der Waals surface area contributed by atoms with Crippen LogP contribution in [-0.2, 0) is 4.79 Å². The van der Waals surface area contributed by atoms with Gasteiger partial charge in [-0.15, -0.1) is 0 Å². The standard InChI is InChI=1S/C11H24N2O/c1-9(2)8-11(14)13-7-5-6-12-10(3)4/h9-10,12H,5-8H2,1-4H3,(H,13,14). The van der Waals surface area contributed by atoms with E-state index in [9.17, 15) is 4.79 Å². The molecule has 0 aromatic rings. The molecule has 0 unspecified atom stereocenters. The van der Waals surface area contributed by atoms with Gasteiger partial charge >= 0.3 is 0 Å². The molecule has 14 heavy (non-hydrogen) atoms. The molecule has 0 spiro atoms. The number of carbonyl (C=O) groups excluding carboxylic acids is 1. The third kappa shape index (κ3) is 9.52. The second-order valence-corrected chi connectivity index (χ2v) is 4.41. The van der Waals surface area contributed by atoms with Gasteiger partial charge < -0.3 is 10.6 Å². The van der Waals surface area contributed by atoms with Crippen molar-refractivity contribution < 1.29 is 4.79 Å². The van der Waals surface area contributed by atoms with Gasteiger partial charge in [0.1, 0.15) is 0 Å². The van der Waals surface area contributed by atoms with E-state index in [1.807, 2.05) is 0 Å². The number of amides is 1. The Balaban J connectivity index is 3.23. The van der Waals surface area contributed by atoms with Crippen molar-refractivity contribution in [2.45, 2.75) is 46.6 Å². The Morgan fingerprint density at radius 2 is 1.79 bits per heavy atom. The molecule has 1 amide bonds. The minimum absolute atomic E-state index is 0.171. The van der Waals surface area contributed by atoms with Crippen molar-refractivity contribution in [2.24, 2.45) is 5.92 Å². The van der Waals surface area contributed by atoms with Crippen molar-refractivity contribution in [2.75, 3.05) is 13.1 Å². The molecule has 0 saturated carbocycles. The zero-order valence-electron chi connectivity index (χ0n) is 9.89. The zero-order valence-corrected chi connectivity index (χ0v) is 9.89. The van der Waals surface area contributed by atoms with E-state index in [0.717, 1.165) is 19.5 Å². The second kappa shape index (κ2) is 7.80. The summed E-state index contributed by atoms with van der Waals surface area (Å²) in [7, 11) is 0. The minimum atomic E-state index is 0.171. The molecule has 3 heteroatoms. The zero-order chi connectivity index (χ0) is 11.0. The molecule has 0 saturated heterocycles. The van der Waals surface area contributed by atoms with Crippen molar-refractivity contribution >= 4 is 5.91 Å². The summed E-state index contributed by atoms with van der Waals surface area (Å²) in [5.41, 5.74) is 0. The van der Waals surface area contributed by atoms with Crippen LogP contribution in [0.3, 0.4) is 0 Å². The largest absolute Gasteiger partial charge is 0.356 e. The number of hydrogen-bond donors (Lipinski definition) is 2. The van der Waals surface area contributed by atoms with Crippen LogP contribution in [0.15, 0.2) is 0 Å². The van der Waals surface area contributed by atoms with Crippen molar-refractivity contribution in [1.29, 1.82) is 0 Å². The van der Waals surface area contributed by atoms with Gasteiger partial charge in [-0.1, -0.05) is 27.7 Å². The summed E-state index contributed by atoms with van der Waals surface area (Å²) in [6.45, 7) is 10.1. The smallest absolute Gasteiger partial charge is 0.220 e. The fraction of sp³-hybridized carbons (Fsp3) is 0.909. The third-order valence-electron chi connectivity index (χ3n) is 1.82. The molecule has 3 nitrogen and oxygen atoms in total. The Morgan fingerprint density at radius 3 is 2.29 bits per heavy atom. The highest BCUT2D eigenvalue weighted by molar-refractivity contribution is 5.75. The predicted octanol–water partition coefficient (Wildman–Crippen LogP) is 1.54. The van der Waals surface area contributed by atoms with Crippen molar-refractivity contribution in [1.82, 2.24) is 10.6 Å². The van der Waals surface area contributed by atoms with Gasteiger partial charge in [0.25, 0.3) is 0 Å². The van der Waals surface area contributed by atoms with Gasteiger partial charge in [-0.3, -0.25) is 4.79 Å². The average molecular weight is 200 g/mol. The van der Waals surface area contributed by atoms with E-state index in [2.05, 4.69) is 38.3 Å². The molecule has 0 aromatic carbocycles. The highest BCUT2D eigenvalue weighted by Gasteiger charge is 2.02. The number of hydrogen-bond acceptors (Lipinski definition) is 2. The van der Waals surface area contributed by atoms with E-state index in [1.165, 1.54) is 0 Å². The average Bonchev–Trinajstić information content (AvgIpc) is 2.01. The lowest BCUT2D eigenvalue weighted by Crippen LogP contribution is -2.30. The predicted molar refractivity (Wildman–Crippen MR) is 60.2 cm³/mol. The van der Waals surface area contributed by atoms with Gasteiger partial charge in [0, 0.05) is 19.0 Å². The fourth-order valence-electron chi connectivity index (χ4n) is 1.15. The Labute approximate surface area is 87.6 Å². The maximum Gasteiger partial charge on any atom is 0.220 e. The van der Waals surface area contributed by atoms with E-state index < -0.39 is 0 Å². The molecule has 0 aromatic heterocycles. The van der Waals surface area contributed by atoms with Gasteiger partial charge in [-0.25, -0.2) is 0 Å². The van der Waals surface area contributed by atoms with Gasteiger partial charge in [0.15, 0.2) is 0 Å². The van der Waals surface area contributed by atoms with Gasteiger partial charge in [-0.05, 0) is 18.9 Å². The molecule has 0 aliphatic heterocycles. The third-order valence-corrected chi connectivity index (χ3v) is 1.82. The Hall–Kier alpha value is -0.570. The molecule has 0 aliphatic rings. The molecular weight excluding hydrogens is 176 g/mol. The van der Waals surface area contributed by atoms with E-state index in [0.29, 0.717) is 18.4 Å². The first-order chi connectivity index (χ1) is 6.52. The molecule has 0 bridgehead atoms. The van der Waals surface area contributed by atoms with Crippen LogP contribution in [-0.4, -0.2) is 25.0 Å². The number of nitrogens with one attached hydrogen (secondary N) is 2. The van der Waals surface area contributed by atoms with Crippen LogP contribution >= 0.6 is 0 Å². The SMILES string of the molecule is CC(C)CC(=O)NCCCNC(C)C. The summed E-state index contributed by atoms with van der Waals surface area (Å²) in [6.07, 6.45) is 1.64. The lowest BCUT2D eigenvalue weighted by Gasteiger charge is -2.09. The molecule has 0 rings (SSSR count). The van der Waals surface area contributed by atoms with Crippen molar-refractivity contribution in [3.05, 3.63) is 0 Å². The van der Waals surface area contributed by atoms with E-state index in [-0.39, 0.29) is 5.91 Å². The van der Waals surface area contributed by atoms with Crippen LogP contribution in [0.4, 0.5) is 0 Å². The van der Waals surface area contributed by atoms with Gasteiger partial charge in [0.05, 0.1) is 0 Å². The van der Waals surface area contributed by atoms with Gasteiger partial charge in [0.2, 0.25) is 5.91 Å². The lowest BCUT2D eigenvalue weighted by atomic mass is 10.1. The van der Waals surface area contributed by atoms with E-state index in [1.54, 1.807) is 0 Å². The molecule has 0 fully saturated rings.